The van der Waals surface area contributed by atoms with Gasteiger partial charge in [-0.2, -0.15) is 0 Å². The monoisotopic (exact) mass is 690 g/mol. The molecular weight excluding hydrogens is 640 g/mol. The van der Waals surface area contributed by atoms with Gasteiger partial charge in [-0.15, -0.1) is 11.8 Å². The van der Waals surface area contributed by atoms with Crippen LogP contribution >= 0.6 is 11.8 Å². The fourth-order valence-electron chi connectivity index (χ4n) is 5.77. The van der Waals surface area contributed by atoms with Crippen LogP contribution in [0.25, 0.3) is 0 Å². The van der Waals surface area contributed by atoms with Crippen molar-refractivity contribution in [3.8, 4) is 23.0 Å². The average molecular weight is 691 g/mol. The van der Waals surface area contributed by atoms with Crippen molar-refractivity contribution < 1.29 is 52.6 Å². The third kappa shape index (κ3) is 8.87. The fraction of sp³-hybridized carbons (Fsp3) is 0.583. The molecule has 0 bridgehead atoms. The van der Waals surface area contributed by atoms with Gasteiger partial charge in [0.05, 0.1) is 32.7 Å². The summed E-state index contributed by atoms with van der Waals surface area (Å²) in [6.45, 7) is 17.6. The van der Waals surface area contributed by atoms with Crippen LogP contribution in [0.4, 0.5) is 0 Å². The Morgan fingerprint density at radius 3 is 1.52 bits per heavy atom. The number of benzene rings is 2. The summed E-state index contributed by atoms with van der Waals surface area (Å²) in [6.07, 6.45) is -4.12. The smallest absolute Gasteiger partial charge is 0.303 e. The molecule has 11 nitrogen and oxygen atoms in total. The maximum absolute atomic E-state index is 12.5. The van der Waals surface area contributed by atoms with Crippen LogP contribution in [0.3, 0.4) is 0 Å². The van der Waals surface area contributed by atoms with Crippen LogP contribution in [0.15, 0.2) is 24.3 Å². The molecule has 0 aliphatic carbocycles. The van der Waals surface area contributed by atoms with E-state index in [0.717, 1.165) is 22.3 Å². The first-order valence-corrected chi connectivity index (χ1v) is 16.7. The van der Waals surface area contributed by atoms with Crippen molar-refractivity contribution in [2.45, 2.75) is 115 Å². The number of phenolic OH excluding ortho intramolecular Hbond substituents is 1. The molecule has 1 fully saturated rings. The van der Waals surface area contributed by atoms with E-state index in [-0.39, 0.29) is 5.75 Å². The Morgan fingerprint density at radius 1 is 0.708 bits per heavy atom. The van der Waals surface area contributed by atoms with Crippen LogP contribution in [-0.2, 0) is 44.2 Å². The molecule has 0 spiro atoms. The maximum Gasteiger partial charge on any atom is 0.303 e. The van der Waals surface area contributed by atoms with E-state index in [9.17, 15) is 19.5 Å². The molecule has 1 aliphatic rings. The highest BCUT2D eigenvalue weighted by molar-refractivity contribution is 8.00. The van der Waals surface area contributed by atoms with Gasteiger partial charge in [0.2, 0.25) is 5.75 Å². The molecule has 48 heavy (non-hydrogen) atoms. The Hall–Kier alpha value is -3.64. The molecule has 12 heteroatoms. The van der Waals surface area contributed by atoms with E-state index in [4.69, 9.17) is 33.2 Å². The molecule has 1 N–H and O–H groups in total. The Kier molecular flexibility index (Phi) is 12.4. The number of hydrogen-bond donors (Lipinski definition) is 1. The minimum Gasteiger partial charge on any atom is -0.507 e. The maximum atomic E-state index is 12.5. The van der Waals surface area contributed by atoms with Crippen molar-refractivity contribution in [3.05, 3.63) is 46.5 Å². The van der Waals surface area contributed by atoms with Gasteiger partial charge in [0.15, 0.2) is 29.8 Å². The van der Waals surface area contributed by atoms with Crippen molar-refractivity contribution in [2.24, 2.45) is 0 Å². The highest BCUT2D eigenvalue weighted by Gasteiger charge is 2.51. The molecule has 1 aliphatic heterocycles. The summed E-state index contributed by atoms with van der Waals surface area (Å²) in [5.74, 6) is -0.423. The summed E-state index contributed by atoms with van der Waals surface area (Å²) in [4.78, 5) is 36.9. The van der Waals surface area contributed by atoms with Gasteiger partial charge in [-0.3, -0.25) is 14.4 Å². The van der Waals surface area contributed by atoms with E-state index in [1.807, 2.05) is 65.8 Å². The second-order valence-electron chi connectivity index (χ2n) is 13.9. The third-order valence-electron chi connectivity index (χ3n) is 7.94. The van der Waals surface area contributed by atoms with Crippen LogP contribution < -0.4 is 14.2 Å². The molecule has 0 amide bonds. The van der Waals surface area contributed by atoms with Crippen molar-refractivity contribution >= 4 is 29.7 Å². The summed E-state index contributed by atoms with van der Waals surface area (Å²) in [5.41, 5.74) is 1.23. The van der Waals surface area contributed by atoms with Gasteiger partial charge < -0.3 is 38.3 Å². The van der Waals surface area contributed by atoms with Crippen molar-refractivity contribution in [3.63, 3.8) is 0 Å². The van der Waals surface area contributed by atoms with Crippen molar-refractivity contribution in [1.29, 1.82) is 0 Å². The molecule has 0 radical (unpaired) electrons. The molecule has 266 valence electrons. The van der Waals surface area contributed by atoms with Gasteiger partial charge >= 0.3 is 17.9 Å². The normalized spacial score (nSPS) is 21.9. The lowest BCUT2D eigenvalue weighted by atomic mass is 9.78. The Bertz CT molecular complexity index is 1430. The van der Waals surface area contributed by atoms with Crippen LogP contribution in [0.1, 0.15) is 96.7 Å². The van der Waals surface area contributed by atoms with E-state index in [1.165, 1.54) is 53.9 Å². The highest BCUT2D eigenvalue weighted by atomic mass is 32.2. The molecule has 3 rings (SSSR count). The predicted octanol–water partition coefficient (Wildman–Crippen LogP) is 6.38. The minimum absolute atomic E-state index is 0.215. The number of carbonyl (C=O) groups excluding carboxylic acids is 3. The lowest BCUT2D eigenvalue weighted by Gasteiger charge is -2.44. The Balaban J connectivity index is 2.37. The number of ether oxygens (including phenoxy) is 7. The molecule has 2 aromatic carbocycles. The second-order valence-corrected chi connectivity index (χ2v) is 15.1. The zero-order valence-electron chi connectivity index (χ0n) is 30.2. The first-order valence-electron chi connectivity index (χ1n) is 15.7. The second kappa shape index (κ2) is 15.3. The number of esters is 3. The first-order chi connectivity index (χ1) is 22.2. The number of thioether (sulfide) groups is 1. The molecule has 0 aromatic heterocycles. The average Bonchev–Trinajstić information content (AvgIpc) is 2.97. The topological polar surface area (TPSA) is 136 Å². The van der Waals surface area contributed by atoms with Gasteiger partial charge in [-0.25, -0.2) is 0 Å². The highest BCUT2D eigenvalue weighted by Crippen LogP contribution is 2.50. The molecular formula is C36H50O11S. The van der Waals surface area contributed by atoms with Gasteiger partial charge in [0.1, 0.15) is 11.2 Å². The van der Waals surface area contributed by atoms with Gasteiger partial charge in [-0.05, 0) is 52.1 Å². The number of aromatic hydroxyl groups is 1. The summed E-state index contributed by atoms with van der Waals surface area (Å²) in [5, 5.41) is 11.0. The Labute approximate surface area is 287 Å². The largest absolute Gasteiger partial charge is 0.507 e. The van der Waals surface area contributed by atoms with Gasteiger partial charge in [-0.1, -0.05) is 53.7 Å². The summed E-state index contributed by atoms with van der Waals surface area (Å²) in [7, 11) is 4.58. The first kappa shape index (κ1) is 38.8. The van der Waals surface area contributed by atoms with Crippen molar-refractivity contribution in [1.82, 2.24) is 0 Å². The summed E-state index contributed by atoms with van der Waals surface area (Å²) >= 11 is 1.31. The number of hydrogen-bond acceptors (Lipinski definition) is 12. The van der Waals surface area contributed by atoms with Gasteiger partial charge in [0.25, 0.3) is 0 Å². The van der Waals surface area contributed by atoms with E-state index in [1.54, 1.807) is 6.92 Å². The quantitative estimate of drug-likeness (QED) is 0.219. The molecule has 1 heterocycles. The zero-order chi connectivity index (χ0) is 36.3. The van der Waals surface area contributed by atoms with Crippen LogP contribution in [0.2, 0.25) is 0 Å². The Morgan fingerprint density at radius 2 is 1.12 bits per heavy atom. The summed E-state index contributed by atoms with van der Waals surface area (Å²) < 4.78 is 40.5. The lowest BCUT2D eigenvalue weighted by Crippen LogP contribution is -2.59. The SMILES string of the molecule is COc1cc([C@@H](S[C@@H]2OC(C)[C@H](OC(C)=O)C(OC(C)=O)C2OC(C)=O)c2cc(C(C)(C)C)c(O)c(C(C)(C)C)c2)cc(OC)c1OC. The van der Waals surface area contributed by atoms with Crippen LogP contribution in [0.5, 0.6) is 23.0 Å². The minimum atomic E-state index is -1.16. The zero-order valence-corrected chi connectivity index (χ0v) is 31.0. The van der Waals surface area contributed by atoms with E-state index >= 15 is 0 Å². The fourth-order valence-corrected chi connectivity index (χ4v) is 7.23. The van der Waals surface area contributed by atoms with E-state index < -0.39 is 63.8 Å². The number of methoxy groups -OCH3 is 3. The predicted molar refractivity (Wildman–Crippen MR) is 182 cm³/mol. The number of carbonyl (C=O) groups is 3. The van der Waals surface area contributed by atoms with E-state index in [2.05, 4.69) is 0 Å². The molecule has 1 saturated heterocycles. The van der Waals surface area contributed by atoms with Crippen LogP contribution in [-0.4, -0.2) is 74.2 Å². The summed E-state index contributed by atoms with van der Waals surface area (Å²) in [6, 6.07) is 7.59. The molecule has 2 aromatic rings. The molecule has 6 atom stereocenters. The number of phenols is 1. The molecule has 3 unspecified atom stereocenters. The standard InChI is InChI=1S/C36H50O11S/c1-18-29(45-19(2)37)31(46-20(3)38)32(47-21(4)39)34(44-18)48-33(23-16-26(41-11)30(43-13)27(17-23)42-12)22-14-24(35(5,6)7)28(40)25(15-22)36(8,9)10/h14-18,29,31-34,40H,1-13H3/t18?,29-,31?,32?,33-,34-/m0/s1. The molecule has 0 saturated carbocycles. The van der Waals surface area contributed by atoms with Crippen LogP contribution in [0, 0.1) is 0 Å². The number of rotatable bonds is 10. The lowest BCUT2D eigenvalue weighted by molar-refractivity contribution is -0.229. The third-order valence-corrected chi connectivity index (χ3v) is 9.41. The van der Waals surface area contributed by atoms with E-state index in [0.29, 0.717) is 17.2 Å². The van der Waals surface area contributed by atoms with Crippen molar-refractivity contribution in [2.75, 3.05) is 21.3 Å². The van der Waals surface area contributed by atoms with Gasteiger partial charge in [0, 0.05) is 20.8 Å².